The highest BCUT2D eigenvalue weighted by Crippen LogP contribution is 2.28. The predicted octanol–water partition coefficient (Wildman–Crippen LogP) is 4.29. The third-order valence-corrected chi connectivity index (χ3v) is 7.23. The molecule has 0 atom stereocenters. The van der Waals surface area contributed by atoms with Crippen molar-refractivity contribution in [2.45, 2.75) is 17.7 Å². The Hall–Kier alpha value is -3.38. The Kier molecular flexibility index (Phi) is 8.66. The smallest absolute Gasteiger partial charge is 0.243 e. The third kappa shape index (κ3) is 6.58. The molecule has 7 nitrogen and oxygen atoms in total. The van der Waals surface area contributed by atoms with Crippen molar-refractivity contribution in [2.24, 2.45) is 0 Å². The van der Waals surface area contributed by atoms with E-state index in [-0.39, 0.29) is 29.4 Å². The maximum Gasteiger partial charge on any atom is 0.243 e. The van der Waals surface area contributed by atoms with E-state index in [1.54, 1.807) is 24.3 Å². The Morgan fingerprint density at radius 2 is 1.76 bits per heavy atom. The molecule has 0 spiro atoms. The molecule has 3 rings (SSSR count). The molecule has 176 valence electrons. The first-order chi connectivity index (χ1) is 16.3. The molecule has 0 saturated carbocycles. The van der Waals surface area contributed by atoms with Crippen LogP contribution in [-0.4, -0.2) is 38.8 Å². The number of hydrogen-bond donors (Lipinski definition) is 1. The van der Waals surface area contributed by atoms with Gasteiger partial charge in [-0.15, -0.1) is 0 Å². The number of nitriles is 1. The molecule has 0 aliphatic heterocycles. The zero-order valence-corrected chi connectivity index (χ0v) is 20.1. The van der Waals surface area contributed by atoms with Gasteiger partial charge >= 0.3 is 0 Å². The lowest BCUT2D eigenvalue weighted by molar-refractivity contribution is -0.116. The molecule has 0 aliphatic carbocycles. The van der Waals surface area contributed by atoms with Crippen molar-refractivity contribution < 1.29 is 17.9 Å². The molecule has 0 radical (unpaired) electrons. The lowest BCUT2D eigenvalue weighted by Gasteiger charge is -2.22. The van der Waals surface area contributed by atoms with Crippen molar-refractivity contribution in [1.82, 2.24) is 4.31 Å². The molecular formula is C25H24ClN3O4S. The Morgan fingerprint density at radius 1 is 1.06 bits per heavy atom. The van der Waals surface area contributed by atoms with Crippen molar-refractivity contribution >= 4 is 33.2 Å². The highest BCUT2D eigenvalue weighted by atomic mass is 35.5. The van der Waals surface area contributed by atoms with Crippen LogP contribution in [0.15, 0.2) is 77.7 Å². The molecule has 0 bridgehead atoms. The Bertz CT molecular complexity index is 1270. The topological polar surface area (TPSA) is 99.5 Å². The number of halogens is 1. The van der Waals surface area contributed by atoms with Crippen molar-refractivity contribution in [1.29, 1.82) is 5.26 Å². The summed E-state index contributed by atoms with van der Waals surface area (Å²) in [6.45, 7) is -0.275. The average Bonchev–Trinajstić information content (AvgIpc) is 2.83. The van der Waals surface area contributed by atoms with Crippen LogP contribution in [0.3, 0.4) is 0 Å². The number of amides is 1. The summed E-state index contributed by atoms with van der Waals surface area (Å²) in [7, 11) is -2.58. The van der Waals surface area contributed by atoms with Gasteiger partial charge in [0.05, 0.1) is 36.1 Å². The zero-order chi connectivity index (χ0) is 24.6. The first-order valence-electron chi connectivity index (χ1n) is 10.5. The van der Waals surface area contributed by atoms with Gasteiger partial charge in [-0.2, -0.15) is 9.57 Å². The van der Waals surface area contributed by atoms with E-state index in [0.717, 1.165) is 15.4 Å². The molecule has 3 aromatic rings. The molecule has 34 heavy (non-hydrogen) atoms. The summed E-state index contributed by atoms with van der Waals surface area (Å²) in [6, 6.07) is 22.5. The Labute approximate surface area is 204 Å². The van der Waals surface area contributed by atoms with Crippen LogP contribution in [-0.2, 0) is 27.7 Å². The summed E-state index contributed by atoms with van der Waals surface area (Å²) in [5, 5.41) is 11.7. The number of methoxy groups -OCH3 is 1. The minimum Gasteiger partial charge on any atom is -0.495 e. The first-order valence-corrected chi connectivity index (χ1v) is 12.3. The zero-order valence-electron chi connectivity index (χ0n) is 18.6. The van der Waals surface area contributed by atoms with Crippen LogP contribution < -0.4 is 10.1 Å². The lowest BCUT2D eigenvalue weighted by atomic mass is 10.1. The minimum atomic E-state index is -4.02. The summed E-state index contributed by atoms with van der Waals surface area (Å²) in [6.07, 6.45) is 0.699. The maximum atomic E-state index is 13.4. The monoisotopic (exact) mass is 497 g/mol. The van der Waals surface area contributed by atoms with E-state index in [9.17, 15) is 13.2 Å². The van der Waals surface area contributed by atoms with Gasteiger partial charge in [0.15, 0.2) is 0 Å². The minimum absolute atomic E-state index is 0.0278. The van der Waals surface area contributed by atoms with Gasteiger partial charge in [0, 0.05) is 12.2 Å². The predicted molar refractivity (Wildman–Crippen MR) is 131 cm³/mol. The van der Waals surface area contributed by atoms with Gasteiger partial charge in [0.25, 0.3) is 0 Å². The van der Waals surface area contributed by atoms with E-state index in [2.05, 4.69) is 11.4 Å². The summed E-state index contributed by atoms with van der Waals surface area (Å²) < 4.78 is 33.1. The molecule has 0 heterocycles. The number of nitrogens with one attached hydrogen (secondary N) is 1. The quantitative estimate of drug-likeness (QED) is 0.450. The number of ether oxygens (including phenoxy) is 1. The molecule has 1 amide bonds. The summed E-state index contributed by atoms with van der Waals surface area (Å²) in [4.78, 5) is 12.7. The number of rotatable bonds is 10. The van der Waals surface area contributed by atoms with E-state index in [1.165, 1.54) is 25.3 Å². The van der Waals surface area contributed by atoms with Crippen LogP contribution in [0.2, 0.25) is 5.02 Å². The number of carbonyl (C=O) groups excluding carboxylic acids is 1. The molecule has 0 unspecified atom stereocenters. The second kappa shape index (κ2) is 11.7. The van der Waals surface area contributed by atoms with Gasteiger partial charge < -0.3 is 10.1 Å². The highest BCUT2D eigenvalue weighted by Gasteiger charge is 2.27. The van der Waals surface area contributed by atoms with Crippen molar-refractivity contribution in [3.8, 4) is 11.8 Å². The summed E-state index contributed by atoms with van der Waals surface area (Å²) in [5.74, 6) is -0.127. The Morgan fingerprint density at radius 3 is 2.38 bits per heavy atom. The van der Waals surface area contributed by atoms with Crippen molar-refractivity contribution in [3.63, 3.8) is 0 Å². The number of nitrogens with zero attached hydrogens (tertiary/aromatic N) is 2. The van der Waals surface area contributed by atoms with Gasteiger partial charge in [0.1, 0.15) is 5.75 Å². The van der Waals surface area contributed by atoms with Crippen LogP contribution in [0.25, 0.3) is 0 Å². The Balaban J connectivity index is 1.81. The highest BCUT2D eigenvalue weighted by molar-refractivity contribution is 7.89. The van der Waals surface area contributed by atoms with E-state index >= 15 is 0 Å². The van der Waals surface area contributed by atoms with Crippen molar-refractivity contribution in [2.75, 3.05) is 25.5 Å². The van der Waals surface area contributed by atoms with Crippen LogP contribution >= 0.6 is 11.6 Å². The lowest BCUT2D eigenvalue weighted by Crippen LogP contribution is -2.39. The van der Waals surface area contributed by atoms with Crippen molar-refractivity contribution in [3.05, 3.63) is 88.9 Å². The average molecular weight is 498 g/mol. The van der Waals surface area contributed by atoms with Gasteiger partial charge in [-0.25, -0.2) is 8.42 Å². The molecule has 3 aromatic carbocycles. The number of sulfonamides is 1. The van der Waals surface area contributed by atoms with Crippen LogP contribution in [0, 0.1) is 11.3 Å². The molecule has 1 N–H and O–H groups in total. The van der Waals surface area contributed by atoms with Gasteiger partial charge in [0.2, 0.25) is 15.9 Å². The SMILES string of the molecule is COc1ccc(S(=O)(=O)N(CCc2ccccc2)CC(=O)Nc2ccc(CC#N)cc2)cc1Cl. The largest absolute Gasteiger partial charge is 0.495 e. The fourth-order valence-electron chi connectivity index (χ4n) is 3.30. The van der Waals surface area contributed by atoms with Gasteiger partial charge in [-0.1, -0.05) is 54.1 Å². The molecule has 0 aliphatic rings. The standard InChI is InChI=1S/C25H24ClN3O4S/c1-33-24-12-11-22(17-23(24)26)34(31,32)29(16-14-19-5-3-2-4-6-19)18-25(30)28-21-9-7-20(8-10-21)13-15-27/h2-12,17H,13-14,16,18H2,1H3,(H,28,30). The van der Waals surface area contributed by atoms with Crippen LogP contribution in [0.4, 0.5) is 5.69 Å². The second-order valence-corrected chi connectivity index (χ2v) is 9.80. The van der Waals surface area contributed by atoms with E-state index in [4.69, 9.17) is 21.6 Å². The number of anilines is 1. The van der Waals surface area contributed by atoms with Crippen LogP contribution in [0.1, 0.15) is 11.1 Å². The fraction of sp³-hybridized carbons (Fsp3) is 0.200. The maximum absolute atomic E-state index is 13.4. The molecule has 0 saturated heterocycles. The molecule has 0 fully saturated rings. The van der Waals surface area contributed by atoms with E-state index < -0.39 is 15.9 Å². The summed E-state index contributed by atoms with van der Waals surface area (Å²) >= 11 is 6.15. The number of benzene rings is 3. The van der Waals surface area contributed by atoms with E-state index in [0.29, 0.717) is 17.9 Å². The van der Waals surface area contributed by atoms with Crippen LogP contribution in [0.5, 0.6) is 5.75 Å². The van der Waals surface area contributed by atoms with E-state index in [1.807, 2.05) is 30.3 Å². The molecular weight excluding hydrogens is 474 g/mol. The normalized spacial score (nSPS) is 11.1. The van der Waals surface area contributed by atoms with Gasteiger partial charge in [-0.05, 0) is 47.9 Å². The summed E-state index contributed by atoms with van der Waals surface area (Å²) in [5.41, 5.74) is 2.28. The third-order valence-electron chi connectivity index (χ3n) is 5.09. The second-order valence-electron chi connectivity index (χ2n) is 7.45. The molecule has 9 heteroatoms. The fourth-order valence-corrected chi connectivity index (χ4v) is 5.04. The number of carbonyl (C=O) groups is 1. The number of hydrogen-bond acceptors (Lipinski definition) is 5. The molecule has 0 aromatic heterocycles. The first kappa shape index (κ1) is 25.2. The van der Waals surface area contributed by atoms with Gasteiger partial charge in [-0.3, -0.25) is 4.79 Å².